The molecule has 1 aromatic carbocycles. The van der Waals surface area contributed by atoms with Crippen molar-refractivity contribution in [1.82, 2.24) is 15.5 Å². The Balaban J connectivity index is 1.42. The van der Waals surface area contributed by atoms with E-state index in [0.29, 0.717) is 13.1 Å². The Hall–Kier alpha value is -1.95. The SMILES string of the molecule is O=C1NC2(CCCC2)C(=O)N1CCNC1(c2ccc(F)cc2)CCCC1. The van der Waals surface area contributed by atoms with Gasteiger partial charge in [0.1, 0.15) is 11.4 Å². The van der Waals surface area contributed by atoms with Crippen LogP contribution in [0.4, 0.5) is 9.18 Å². The van der Waals surface area contributed by atoms with Crippen LogP contribution in [-0.4, -0.2) is 35.5 Å². The largest absolute Gasteiger partial charge is 0.325 e. The molecule has 1 saturated heterocycles. The predicted octanol–water partition coefficient (Wildman–Crippen LogP) is 3.05. The summed E-state index contributed by atoms with van der Waals surface area (Å²) in [4.78, 5) is 26.4. The van der Waals surface area contributed by atoms with Crippen LogP contribution in [-0.2, 0) is 10.3 Å². The van der Waals surface area contributed by atoms with Gasteiger partial charge in [-0.15, -0.1) is 0 Å². The summed E-state index contributed by atoms with van der Waals surface area (Å²) >= 11 is 0. The van der Waals surface area contributed by atoms with Crippen molar-refractivity contribution in [2.45, 2.75) is 62.4 Å². The molecule has 1 heterocycles. The van der Waals surface area contributed by atoms with E-state index in [4.69, 9.17) is 0 Å². The van der Waals surface area contributed by atoms with Crippen LogP contribution in [0, 0.1) is 5.82 Å². The lowest BCUT2D eigenvalue weighted by atomic mass is 9.88. The summed E-state index contributed by atoms with van der Waals surface area (Å²) in [5.41, 5.74) is 0.262. The van der Waals surface area contributed by atoms with E-state index in [1.807, 2.05) is 12.1 Å². The van der Waals surface area contributed by atoms with Crippen molar-refractivity contribution < 1.29 is 14.0 Å². The van der Waals surface area contributed by atoms with Crippen LogP contribution in [0.2, 0.25) is 0 Å². The molecule has 1 spiro atoms. The molecule has 2 saturated carbocycles. The second-order valence-corrected chi connectivity index (χ2v) is 7.90. The first kappa shape index (κ1) is 17.5. The molecule has 2 N–H and O–H groups in total. The van der Waals surface area contributed by atoms with E-state index in [-0.39, 0.29) is 23.3 Å². The molecule has 3 amide bonds. The van der Waals surface area contributed by atoms with Crippen molar-refractivity contribution >= 4 is 11.9 Å². The van der Waals surface area contributed by atoms with E-state index in [2.05, 4.69) is 10.6 Å². The third-order valence-corrected chi connectivity index (χ3v) is 6.36. The van der Waals surface area contributed by atoms with Crippen molar-refractivity contribution in [1.29, 1.82) is 0 Å². The molecule has 2 aliphatic carbocycles. The molecule has 0 aromatic heterocycles. The van der Waals surface area contributed by atoms with E-state index < -0.39 is 5.54 Å². The van der Waals surface area contributed by atoms with Crippen LogP contribution in [0.5, 0.6) is 0 Å². The van der Waals surface area contributed by atoms with E-state index in [0.717, 1.165) is 56.9 Å². The maximum Gasteiger partial charge on any atom is 0.325 e. The number of rotatable bonds is 5. The van der Waals surface area contributed by atoms with Gasteiger partial charge in [0.2, 0.25) is 0 Å². The molecule has 3 fully saturated rings. The monoisotopic (exact) mass is 359 g/mol. The highest BCUT2D eigenvalue weighted by Gasteiger charge is 2.52. The lowest BCUT2D eigenvalue weighted by Crippen LogP contribution is -2.46. The molecular formula is C20H26FN3O2. The van der Waals surface area contributed by atoms with Gasteiger partial charge in [0.05, 0.1) is 0 Å². The molecule has 0 atom stereocenters. The molecule has 0 unspecified atom stereocenters. The highest BCUT2D eigenvalue weighted by atomic mass is 19.1. The second kappa shape index (κ2) is 6.65. The molecule has 0 radical (unpaired) electrons. The van der Waals surface area contributed by atoms with E-state index in [9.17, 15) is 14.0 Å². The van der Waals surface area contributed by atoms with Crippen molar-refractivity contribution in [2.24, 2.45) is 0 Å². The molecule has 1 aliphatic heterocycles. The summed E-state index contributed by atoms with van der Waals surface area (Å²) in [5.74, 6) is -0.299. The van der Waals surface area contributed by atoms with E-state index in [1.165, 1.54) is 17.0 Å². The number of hydrogen-bond acceptors (Lipinski definition) is 3. The van der Waals surface area contributed by atoms with Gasteiger partial charge in [0.25, 0.3) is 5.91 Å². The Morgan fingerprint density at radius 1 is 1.00 bits per heavy atom. The Morgan fingerprint density at radius 3 is 2.27 bits per heavy atom. The number of benzene rings is 1. The first-order valence-electron chi connectivity index (χ1n) is 9.70. The summed E-state index contributed by atoms with van der Waals surface area (Å²) in [6.45, 7) is 0.919. The number of urea groups is 1. The van der Waals surface area contributed by atoms with Gasteiger partial charge in [-0.3, -0.25) is 9.69 Å². The molecule has 3 aliphatic rings. The number of carbonyl (C=O) groups is 2. The van der Waals surface area contributed by atoms with E-state index in [1.54, 1.807) is 0 Å². The zero-order valence-corrected chi connectivity index (χ0v) is 15.0. The van der Waals surface area contributed by atoms with Crippen LogP contribution in [0.1, 0.15) is 56.9 Å². The zero-order chi connectivity index (χ0) is 18.2. The highest BCUT2D eigenvalue weighted by Crippen LogP contribution is 2.39. The van der Waals surface area contributed by atoms with Gasteiger partial charge in [-0.2, -0.15) is 0 Å². The quantitative estimate of drug-likeness (QED) is 0.795. The maximum atomic E-state index is 13.3. The number of nitrogens with one attached hydrogen (secondary N) is 2. The zero-order valence-electron chi connectivity index (χ0n) is 15.0. The number of imide groups is 1. The summed E-state index contributed by atoms with van der Waals surface area (Å²) in [6, 6.07) is 6.42. The number of halogens is 1. The summed E-state index contributed by atoms with van der Waals surface area (Å²) in [5, 5.41) is 6.50. The fraction of sp³-hybridized carbons (Fsp3) is 0.600. The van der Waals surface area contributed by atoms with Crippen LogP contribution in [0.25, 0.3) is 0 Å². The minimum Gasteiger partial charge on any atom is -0.323 e. The molecular weight excluding hydrogens is 333 g/mol. The third kappa shape index (κ3) is 2.90. The van der Waals surface area contributed by atoms with Gasteiger partial charge in [-0.1, -0.05) is 37.8 Å². The fourth-order valence-electron chi connectivity index (χ4n) is 4.92. The number of amides is 3. The lowest BCUT2D eigenvalue weighted by Gasteiger charge is -2.32. The summed E-state index contributed by atoms with van der Waals surface area (Å²) in [6.07, 6.45) is 7.71. The summed E-state index contributed by atoms with van der Waals surface area (Å²) in [7, 11) is 0. The van der Waals surface area contributed by atoms with Gasteiger partial charge in [0, 0.05) is 18.6 Å². The average molecular weight is 359 g/mol. The van der Waals surface area contributed by atoms with Gasteiger partial charge >= 0.3 is 6.03 Å². The maximum absolute atomic E-state index is 13.3. The van der Waals surface area contributed by atoms with Crippen LogP contribution in [0.3, 0.4) is 0 Å². The summed E-state index contributed by atoms with van der Waals surface area (Å²) < 4.78 is 13.3. The molecule has 5 nitrogen and oxygen atoms in total. The van der Waals surface area contributed by atoms with Gasteiger partial charge < -0.3 is 10.6 Å². The standard InChI is InChI=1S/C20H26FN3O2/c21-16-7-5-15(6-8-16)19(9-1-2-10-19)22-13-14-24-17(25)20(23-18(24)26)11-3-4-12-20/h5-8,22H,1-4,9-14H2,(H,23,26). The Labute approximate surface area is 153 Å². The van der Waals surface area contributed by atoms with Crippen molar-refractivity contribution in [3.05, 3.63) is 35.6 Å². The number of hydrogen-bond donors (Lipinski definition) is 2. The van der Waals surface area contributed by atoms with E-state index >= 15 is 0 Å². The number of carbonyl (C=O) groups excluding carboxylic acids is 2. The molecule has 26 heavy (non-hydrogen) atoms. The van der Waals surface area contributed by atoms with Crippen LogP contribution < -0.4 is 10.6 Å². The molecule has 140 valence electrons. The highest BCUT2D eigenvalue weighted by molar-refractivity contribution is 6.07. The Kier molecular flexibility index (Phi) is 4.47. The first-order valence-corrected chi connectivity index (χ1v) is 9.70. The molecule has 4 rings (SSSR count). The topological polar surface area (TPSA) is 61.4 Å². The predicted molar refractivity (Wildman–Crippen MR) is 96.0 cm³/mol. The Morgan fingerprint density at radius 2 is 1.62 bits per heavy atom. The normalized spacial score (nSPS) is 23.8. The Bertz CT molecular complexity index is 692. The average Bonchev–Trinajstić information content (AvgIpc) is 3.34. The van der Waals surface area contributed by atoms with Gasteiger partial charge in [-0.05, 0) is 43.4 Å². The second-order valence-electron chi connectivity index (χ2n) is 7.90. The molecule has 0 bridgehead atoms. The lowest BCUT2D eigenvalue weighted by molar-refractivity contribution is -0.131. The minimum atomic E-state index is -0.640. The van der Waals surface area contributed by atoms with Crippen molar-refractivity contribution in [3.63, 3.8) is 0 Å². The van der Waals surface area contributed by atoms with Crippen LogP contribution in [0.15, 0.2) is 24.3 Å². The molecule has 1 aromatic rings. The van der Waals surface area contributed by atoms with Gasteiger partial charge in [0.15, 0.2) is 0 Å². The van der Waals surface area contributed by atoms with Crippen molar-refractivity contribution in [2.75, 3.05) is 13.1 Å². The fourth-order valence-corrected chi connectivity index (χ4v) is 4.92. The number of nitrogens with zero attached hydrogens (tertiary/aromatic N) is 1. The first-order chi connectivity index (χ1) is 12.5. The van der Waals surface area contributed by atoms with Gasteiger partial charge in [-0.25, -0.2) is 9.18 Å². The van der Waals surface area contributed by atoms with Crippen molar-refractivity contribution in [3.8, 4) is 0 Å². The van der Waals surface area contributed by atoms with Crippen LogP contribution >= 0.6 is 0 Å². The third-order valence-electron chi connectivity index (χ3n) is 6.36. The smallest absolute Gasteiger partial charge is 0.323 e. The minimum absolute atomic E-state index is 0.0657. The molecule has 6 heteroatoms.